The Morgan fingerprint density at radius 2 is 2.15 bits per heavy atom. The standard InChI is InChI=1S/C8H4BrF2NO/c9-6-7(11)5(10)3-4(1-2-12)8(6)13/h3,13H,1H2. The summed E-state index contributed by atoms with van der Waals surface area (Å²) in [5.74, 6) is -2.67. The fraction of sp³-hybridized carbons (Fsp3) is 0.125. The van der Waals surface area contributed by atoms with Crippen LogP contribution in [-0.4, -0.2) is 5.11 Å². The van der Waals surface area contributed by atoms with Crippen molar-refractivity contribution in [1.82, 2.24) is 0 Å². The van der Waals surface area contributed by atoms with Crippen LogP contribution in [0.5, 0.6) is 5.75 Å². The second-order valence-electron chi connectivity index (χ2n) is 2.33. The number of hydrogen-bond donors (Lipinski definition) is 1. The zero-order valence-corrected chi connectivity index (χ0v) is 7.90. The zero-order chi connectivity index (χ0) is 10.0. The molecule has 0 radical (unpaired) electrons. The van der Waals surface area contributed by atoms with Gasteiger partial charge in [0.15, 0.2) is 11.6 Å². The molecule has 1 aromatic rings. The maximum absolute atomic E-state index is 12.7. The lowest BCUT2D eigenvalue weighted by Gasteiger charge is -2.04. The number of halogens is 3. The molecule has 0 bridgehead atoms. The van der Waals surface area contributed by atoms with E-state index in [1.54, 1.807) is 6.07 Å². The molecule has 0 amide bonds. The number of phenols is 1. The van der Waals surface area contributed by atoms with E-state index in [9.17, 15) is 13.9 Å². The second-order valence-corrected chi connectivity index (χ2v) is 3.12. The van der Waals surface area contributed by atoms with Crippen molar-refractivity contribution in [2.24, 2.45) is 0 Å². The van der Waals surface area contributed by atoms with Crippen LogP contribution in [0.25, 0.3) is 0 Å². The van der Waals surface area contributed by atoms with Crippen molar-refractivity contribution in [3.05, 3.63) is 27.7 Å². The molecule has 0 fully saturated rings. The number of phenolic OH excluding ortho intramolecular Hbond substituents is 1. The van der Waals surface area contributed by atoms with Crippen LogP contribution in [0, 0.1) is 23.0 Å². The first-order valence-electron chi connectivity index (χ1n) is 3.30. The molecule has 1 N–H and O–H groups in total. The highest BCUT2D eigenvalue weighted by molar-refractivity contribution is 9.10. The van der Waals surface area contributed by atoms with Crippen molar-refractivity contribution in [2.75, 3.05) is 0 Å². The SMILES string of the molecule is N#CCc1cc(F)c(F)c(Br)c1O. The fourth-order valence-corrected chi connectivity index (χ4v) is 1.30. The Hall–Kier alpha value is -1.15. The lowest BCUT2D eigenvalue weighted by atomic mass is 10.1. The van der Waals surface area contributed by atoms with Crippen LogP contribution in [-0.2, 0) is 6.42 Å². The van der Waals surface area contributed by atoms with Gasteiger partial charge in [0, 0.05) is 5.56 Å². The van der Waals surface area contributed by atoms with E-state index in [2.05, 4.69) is 15.9 Å². The van der Waals surface area contributed by atoms with Crippen molar-refractivity contribution in [3.63, 3.8) is 0 Å². The highest BCUT2D eigenvalue weighted by Gasteiger charge is 2.15. The summed E-state index contributed by atoms with van der Waals surface area (Å²) in [6, 6.07) is 2.53. The Balaban J connectivity index is 3.34. The molecular weight excluding hydrogens is 244 g/mol. The summed E-state index contributed by atoms with van der Waals surface area (Å²) >= 11 is 2.68. The minimum Gasteiger partial charge on any atom is -0.506 e. The van der Waals surface area contributed by atoms with Gasteiger partial charge in [-0.15, -0.1) is 0 Å². The van der Waals surface area contributed by atoms with Crippen molar-refractivity contribution in [2.45, 2.75) is 6.42 Å². The molecule has 0 spiro atoms. The largest absolute Gasteiger partial charge is 0.506 e. The van der Waals surface area contributed by atoms with E-state index in [0.29, 0.717) is 0 Å². The Morgan fingerprint density at radius 1 is 1.54 bits per heavy atom. The molecule has 68 valence electrons. The monoisotopic (exact) mass is 247 g/mol. The van der Waals surface area contributed by atoms with E-state index in [1.807, 2.05) is 0 Å². The van der Waals surface area contributed by atoms with Crippen molar-refractivity contribution in [3.8, 4) is 11.8 Å². The Bertz CT molecular complexity index is 387. The van der Waals surface area contributed by atoms with Crippen LogP contribution in [0.15, 0.2) is 10.5 Å². The van der Waals surface area contributed by atoms with E-state index in [1.165, 1.54) is 0 Å². The molecule has 0 aliphatic heterocycles. The van der Waals surface area contributed by atoms with E-state index >= 15 is 0 Å². The predicted octanol–water partition coefficient (Wildman–Crippen LogP) is 2.50. The van der Waals surface area contributed by atoms with Crippen LogP contribution in [0.3, 0.4) is 0 Å². The maximum atomic E-state index is 12.7. The molecular formula is C8H4BrF2NO. The normalized spacial score (nSPS) is 9.69. The zero-order valence-electron chi connectivity index (χ0n) is 6.31. The van der Waals surface area contributed by atoms with Gasteiger partial charge in [-0.05, 0) is 22.0 Å². The minimum absolute atomic E-state index is 0.0632. The minimum atomic E-state index is -1.15. The first-order chi connectivity index (χ1) is 6.07. The summed E-state index contributed by atoms with van der Waals surface area (Å²) in [6.45, 7) is 0. The Morgan fingerprint density at radius 3 is 2.69 bits per heavy atom. The third-order valence-corrected chi connectivity index (χ3v) is 2.21. The first kappa shape index (κ1) is 9.93. The third-order valence-electron chi connectivity index (χ3n) is 1.48. The van der Waals surface area contributed by atoms with Gasteiger partial charge < -0.3 is 5.11 Å². The summed E-state index contributed by atoms with van der Waals surface area (Å²) in [4.78, 5) is 0. The van der Waals surface area contributed by atoms with Gasteiger partial charge in [-0.25, -0.2) is 8.78 Å². The van der Waals surface area contributed by atoms with E-state index in [-0.39, 0.29) is 16.5 Å². The van der Waals surface area contributed by atoms with Gasteiger partial charge >= 0.3 is 0 Å². The average molecular weight is 248 g/mol. The molecule has 0 atom stereocenters. The van der Waals surface area contributed by atoms with Gasteiger partial charge in [0.1, 0.15) is 5.75 Å². The number of rotatable bonds is 1. The van der Waals surface area contributed by atoms with Crippen LogP contribution < -0.4 is 0 Å². The van der Waals surface area contributed by atoms with Crippen molar-refractivity contribution in [1.29, 1.82) is 5.26 Å². The molecule has 0 heterocycles. The molecule has 1 aromatic carbocycles. The number of benzene rings is 1. The molecule has 0 saturated heterocycles. The molecule has 0 saturated carbocycles. The van der Waals surface area contributed by atoms with Crippen molar-refractivity contribution < 1.29 is 13.9 Å². The van der Waals surface area contributed by atoms with Gasteiger partial charge in [0.05, 0.1) is 17.0 Å². The second kappa shape index (κ2) is 3.71. The van der Waals surface area contributed by atoms with Crippen LogP contribution in [0.4, 0.5) is 8.78 Å². The van der Waals surface area contributed by atoms with E-state index in [4.69, 9.17) is 5.26 Å². The summed E-state index contributed by atoms with van der Waals surface area (Å²) in [7, 11) is 0. The summed E-state index contributed by atoms with van der Waals surface area (Å²) in [5, 5.41) is 17.5. The van der Waals surface area contributed by atoms with Crippen molar-refractivity contribution >= 4 is 15.9 Å². The smallest absolute Gasteiger partial charge is 0.176 e. The summed E-state index contributed by atoms with van der Waals surface area (Å²) < 4.78 is 25.1. The lowest BCUT2D eigenvalue weighted by Crippen LogP contribution is -1.92. The van der Waals surface area contributed by atoms with Crippen LogP contribution >= 0.6 is 15.9 Å². The van der Waals surface area contributed by atoms with E-state index < -0.39 is 17.4 Å². The molecule has 2 nitrogen and oxygen atoms in total. The molecule has 0 aromatic heterocycles. The number of hydrogen-bond acceptors (Lipinski definition) is 2. The topological polar surface area (TPSA) is 44.0 Å². The molecule has 1 rings (SSSR count). The number of aromatic hydroxyl groups is 1. The molecule has 0 unspecified atom stereocenters. The summed E-state index contributed by atoms with van der Waals surface area (Å²) in [5.41, 5.74) is 0.0632. The molecule has 13 heavy (non-hydrogen) atoms. The molecule has 5 heteroatoms. The fourth-order valence-electron chi connectivity index (χ4n) is 0.854. The number of nitrogens with zero attached hydrogens (tertiary/aromatic N) is 1. The summed E-state index contributed by atoms with van der Waals surface area (Å²) in [6.07, 6.45) is -0.165. The van der Waals surface area contributed by atoms with Gasteiger partial charge in [-0.1, -0.05) is 0 Å². The van der Waals surface area contributed by atoms with Gasteiger partial charge in [-0.3, -0.25) is 0 Å². The highest BCUT2D eigenvalue weighted by Crippen LogP contribution is 2.32. The van der Waals surface area contributed by atoms with Crippen LogP contribution in [0.2, 0.25) is 0 Å². The first-order valence-corrected chi connectivity index (χ1v) is 4.09. The molecule has 0 aliphatic rings. The Kier molecular flexibility index (Phi) is 2.83. The third kappa shape index (κ3) is 1.78. The van der Waals surface area contributed by atoms with Gasteiger partial charge in [-0.2, -0.15) is 5.26 Å². The predicted molar refractivity (Wildman–Crippen MR) is 45.0 cm³/mol. The van der Waals surface area contributed by atoms with Gasteiger partial charge in [0.25, 0.3) is 0 Å². The maximum Gasteiger partial charge on any atom is 0.176 e. The van der Waals surface area contributed by atoms with Gasteiger partial charge in [0.2, 0.25) is 0 Å². The quantitative estimate of drug-likeness (QED) is 0.776. The highest BCUT2D eigenvalue weighted by atomic mass is 79.9. The number of nitriles is 1. The van der Waals surface area contributed by atoms with E-state index in [0.717, 1.165) is 6.07 Å². The van der Waals surface area contributed by atoms with Crippen LogP contribution in [0.1, 0.15) is 5.56 Å². The Labute approximate surface area is 81.5 Å². The average Bonchev–Trinajstić information content (AvgIpc) is 2.11. The lowest BCUT2D eigenvalue weighted by molar-refractivity contribution is 0.443. The molecule has 0 aliphatic carbocycles.